The second kappa shape index (κ2) is 9.93. The molecular formula is C46H36N2O. The number of aryl methyl sites for hydroxylation is 4. The van der Waals surface area contributed by atoms with Gasteiger partial charge in [0, 0.05) is 60.2 Å². The molecule has 10 aromatic rings. The lowest BCUT2D eigenvalue weighted by atomic mass is 9.84. The van der Waals surface area contributed by atoms with Crippen molar-refractivity contribution in [1.29, 1.82) is 0 Å². The number of fused-ring (bicyclic) bond motifs is 8. The third kappa shape index (κ3) is 3.87. The highest BCUT2D eigenvalue weighted by Gasteiger charge is 2.24. The Labute approximate surface area is 284 Å². The average Bonchev–Trinajstić information content (AvgIpc) is 3.62. The minimum atomic E-state index is 0.442. The molecule has 3 heterocycles. The van der Waals surface area contributed by atoms with Gasteiger partial charge < -0.3 is 8.98 Å². The Kier molecular flexibility index (Phi) is 5.75. The van der Waals surface area contributed by atoms with Gasteiger partial charge in [-0.25, -0.2) is 0 Å². The molecule has 0 aliphatic heterocycles. The van der Waals surface area contributed by atoms with Gasteiger partial charge in [0.15, 0.2) is 0 Å². The van der Waals surface area contributed by atoms with Gasteiger partial charge in [-0.2, -0.15) is 0 Å². The van der Waals surface area contributed by atoms with Gasteiger partial charge >= 0.3 is 0 Å². The molecule has 3 aromatic heterocycles. The predicted octanol–water partition coefficient (Wildman–Crippen LogP) is 13.0. The zero-order chi connectivity index (χ0) is 33.3. The van der Waals surface area contributed by atoms with Crippen molar-refractivity contribution in [1.82, 2.24) is 9.55 Å². The summed E-state index contributed by atoms with van der Waals surface area (Å²) in [7, 11) is 0. The summed E-state index contributed by atoms with van der Waals surface area (Å²) in [5, 5.41) is 12.4. The van der Waals surface area contributed by atoms with E-state index in [1.807, 2.05) is 0 Å². The Morgan fingerprint density at radius 1 is 0.592 bits per heavy atom. The van der Waals surface area contributed by atoms with Crippen LogP contribution < -0.4 is 0 Å². The van der Waals surface area contributed by atoms with Crippen LogP contribution in [0.25, 0.3) is 92.9 Å². The lowest BCUT2D eigenvalue weighted by Crippen LogP contribution is -1.99. The summed E-state index contributed by atoms with van der Waals surface area (Å²) in [6, 6.07) is 38.6. The number of pyridine rings is 1. The van der Waals surface area contributed by atoms with Crippen molar-refractivity contribution in [3.8, 4) is 16.8 Å². The molecule has 0 atom stereocenters. The van der Waals surface area contributed by atoms with E-state index in [9.17, 15) is 0 Å². The molecule has 7 aromatic carbocycles. The minimum absolute atomic E-state index is 0.442. The van der Waals surface area contributed by atoms with Crippen LogP contribution in [0, 0.1) is 27.7 Å². The number of furan rings is 1. The zero-order valence-electron chi connectivity index (χ0n) is 28.7. The maximum atomic E-state index is 6.84. The predicted molar refractivity (Wildman–Crippen MR) is 208 cm³/mol. The molecule has 0 saturated carbocycles. The molecule has 236 valence electrons. The van der Waals surface area contributed by atoms with Crippen LogP contribution >= 0.6 is 0 Å². The smallest absolute Gasteiger partial charge is 0.143 e. The number of benzene rings is 7. The molecule has 0 aliphatic rings. The second-order valence-corrected chi connectivity index (χ2v) is 14.4. The van der Waals surface area contributed by atoms with Gasteiger partial charge in [-0.1, -0.05) is 68.4 Å². The van der Waals surface area contributed by atoms with Gasteiger partial charge in [0.05, 0.1) is 11.0 Å². The molecule has 0 unspecified atom stereocenters. The molecule has 0 N–H and O–H groups in total. The Hall–Kier alpha value is -5.67. The standard InChI is InChI=1S/C46H36N2O/c1-24(2)29-15-17-41-34(20-29)38-21-30-14-16-33-44-36(35(23-39(43(30)44)46(38)49-41)42-25(3)10-9-11-26(42)4)22-37-32-12-7-8-13-40(32)48(45(33)37)31-18-27(5)47-28(6)19-31/h7-24H,1-6H3. The number of para-hydroxylation sites is 1. The van der Waals surface area contributed by atoms with Gasteiger partial charge in [-0.15, -0.1) is 0 Å². The van der Waals surface area contributed by atoms with Crippen molar-refractivity contribution in [3.05, 3.63) is 131 Å². The summed E-state index contributed by atoms with van der Waals surface area (Å²) in [6.45, 7) is 13.2. The van der Waals surface area contributed by atoms with Crippen molar-refractivity contribution in [2.24, 2.45) is 0 Å². The number of hydrogen-bond donors (Lipinski definition) is 0. The van der Waals surface area contributed by atoms with Crippen molar-refractivity contribution in [2.45, 2.75) is 47.5 Å². The third-order valence-electron chi connectivity index (χ3n) is 10.8. The first-order valence-corrected chi connectivity index (χ1v) is 17.3. The normalized spacial score (nSPS) is 12.5. The first-order valence-electron chi connectivity index (χ1n) is 17.3. The number of hydrogen-bond acceptors (Lipinski definition) is 2. The van der Waals surface area contributed by atoms with Gasteiger partial charge in [-0.3, -0.25) is 4.98 Å². The molecule has 0 saturated heterocycles. The highest BCUT2D eigenvalue weighted by Crippen LogP contribution is 2.49. The molecule has 10 rings (SSSR count). The van der Waals surface area contributed by atoms with Crippen molar-refractivity contribution in [3.63, 3.8) is 0 Å². The first-order chi connectivity index (χ1) is 23.8. The van der Waals surface area contributed by atoms with E-state index in [-0.39, 0.29) is 0 Å². The Bertz CT molecular complexity index is 2970. The summed E-state index contributed by atoms with van der Waals surface area (Å²) in [6.07, 6.45) is 0. The molecule has 0 radical (unpaired) electrons. The van der Waals surface area contributed by atoms with Gasteiger partial charge in [0.1, 0.15) is 11.2 Å². The minimum Gasteiger partial charge on any atom is -0.455 e. The van der Waals surface area contributed by atoms with Crippen molar-refractivity contribution >= 4 is 76.1 Å². The topological polar surface area (TPSA) is 31.0 Å². The largest absolute Gasteiger partial charge is 0.455 e. The van der Waals surface area contributed by atoms with Crippen LogP contribution in [0.1, 0.15) is 47.8 Å². The highest BCUT2D eigenvalue weighted by atomic mass is 16.3. The average molecular weight is 633 g/mol. The van der Waals surface area contributed by atoms with E-state index in [4.69, 9.17) is 9.40 Å². The van der Waals surface area contributed by atoms with E-state index in [0.29, 0.717) is 5.92 Å². The van der Waals surface area contributed by atoms with E-state index in [0.717, 1.165) is 28.2 Å². The third-order valence-corrected chi connectivity index (χ3v) is 10.8. The number of nitrogens with zero attached hydrogens (tertiary/aromatic N) is 2. The Morgan fingerprint density at radius 3 is 2.14 bits per heavy atom. The molecule has 0 fully saturated rings. The number of aromatic nitrogens is 2. The van der Waals surface area contributed by atoms with E-state index in [2.05, 4.69) is 149 Å². The highest BCUT2D eigenvalue weighted by molar-refractivity contribution is 6.37. The summed E-state index contributed by atoms with van der Waals surface area (Å²) in [5.41, 5.74) is 13.9. The summed E-state index contributed by atoms with van der Waals surface area (Å²) < 4.78 is 9.30. The second-order valence-electron chi connectivity index (χ2n) is 14.4. The molecule has 0 amide bonds. The SMILES string of the molecule is Cc1cc(-n2c3ccccc3c3cc4c(-c5c(C)cccc5C)cc5c6oc7ccc(C(C)C)cc7c6cc6ccc(c4c65)c32)cc(C)n1. The van der Waals surface area contributed by atoms with Gasteiger partial charge in [0.2, 0.25) is 0 Å². The maximum Gasteiger partial charge on any atom is 0.143 e. The number of rotatable bonds is 3. The van der Waals surface area contributed by atoms with Crippen LogP contribution in [0.15, 0.2) is 108 Å². The molecule has 0 bridgehead atoms. The van der Waals surface area contributed by atoms with Crippen LogP contribution in [-0.4, -0.2) is 9.55 Å². The van der Waals surface area contributed by atoms with E-state index >= 15 is 0 Å². The van der Waals surface area contributed by atoms with E-state index in [1.54, 1.807) is 0 Å². The van der Waals surface area contributed by atoms with Crippen LogP contribution in [0.3, 0.4) is 0 Å². The van der Waals surface area contributed by atoms with Crippen molar-refractivity contribution in [2.75, 3.05) is 0 Å². The monoisotopic (exact) mass is 632 g/mol. The fraction of sp³-hybridized carbons (Fsp3) is 0.152. The van der Waals surface area contributed by atoms with Gasteiger partial charge in [0.25, 0.3) is 0 Å². The Morgan fingerprint density at radius 2 is 1.37 bits per heavy atom. The molecule has 0 aliphatic carbocycles. The summed E-state index contributed by atoms with van der Waals surface area (Å²) >= 11 is 0. The van der Waals surface area contributed by atoms with E-state index in [1.165, 1.54) is 92.7 Å². The molecular weight excluding hydrogens is 597 g/mol. The van der Waals surface area contributed by atoms with Crippen LogP contribution in [0.2, 0.25) is 0 Å². The first kappa shape index (κ1) is 28.4. The zero-order valence-corrected chi connectivity index (χ0v) is 28.7. The van der Waals surface area contributed by atoms with E-state index < -0.39 is 0 Å². The quantitative estimate of drug-likeness (QED) is 0.181. The van der Waals surface area contributed by atoms with Crippen molar-refractivity contribution < 1.29 is 4.42 Å². The van der Waals surface area contributed by atoms with Crippen LogP contribution in [-0.2, 0) is 0 Å². The molecule has 0 spiro atoms. The lowest BCUT2D eigenvalue weighted by Gasteiger charge is -2.19. The fourth-order valence-corrected chi connectivity index (χ4v) is 8.73. The molecule has 3 nitrogen and oxygen atoms in total. The summed E-state index contributed by atoms with van der Waals surface area (Å²) in [5.74, 6) is 0.442. The van der Waals surface area contributed by atoms with Gasteiger partial charge in [-0.05, 0) is 121 Å². The molecule has 3 heteroatoms. The fourth-order valence-electron chi connectivity index (χ4n) is 8.73. The summed E-state index contributed by atoms with van der Waals surface area (Å²) in [4.78, 5) is 4.73. The maximum absolute atomic E-state index is 6.84. The molecule has 49 heavy (non-hydrogen) atoms. The van der Waals surface area contributed by atoms with Crippen LogP contribution in [0.4, 0.5) is 0 Å². The van der Waals surface area contributed by atoms with Crippen LogP contribution in [0.5, 0.6) is 0 Å². The Balaban J connectivity index is 1.47. The lowest BCUT2D eigenvalue weighted by molar-refractivity contribution is 0.672.